The molecule has 0 atom stereocenters. The number of unbranched alkanes of at least 4 members (excludes halogenated alkanes) is 1. The van der Waals surface area contributed by atoms with Gasteiger partial charge >= 0.3 is 0 Å². The van der Waals surface area contributed by atoms with Crippen molar-refractivity contribution in [3.63, 3.8) is 0 Å². The summed E-state index contributed by atoms with van der Waals surface area (Å²) in [5.41, 5.74) is 0. The summed E-state index contributed by atoms with van der Waals surface area (Å²) in [6, 6.07) is 0. The summed E-state index contributed by atoms with van der Waals surface area (Å²) in [6.07, 6.45) is 4.28. The van der Waals surface area contributed by atoms with Crippen LogP contribution in [0.25, 0.3) is 0 Å². The lowest BCUT2D eigenvalue weighted by molar-refractivity contribution is 0.420. The van der Waals surface area contributed by atoms with Gasteiger partial charge in [-0.2, -0.15) is 0 Å². The smallest absolute Gasteiger partial charge is 0.0824 e. The molecule has 0 aliphatic rings. The zero-order chi connectivity index (χ0) is 9.23. The molecule has 0 saturated heterocycles. The number of nitrogens with zero attached hydrogens (tertiary/aromatic N) is 2. The number of hydrogen-bond donors (Lipinski definition) is 1. The Balaban J connectivity index is 3.04. The Morgan fingerprint density at radius 1 is 1.42 bits per heavy atom. The van der Waals surface area contributed by atoms with Gasteiger partial charge in [0.2, 0.25) is 0 Å². The van der Waals surface area contributed by atoms with Gasteiger partial charge in [-0.3, -0.25) is 4.99 Å². The van der Waals surface area contributed by atoms with E-state index in [0.717, 1.165) is 19.6 Å². The first-order valence-electron chi connectivity index (χ1n) is 4.63. The Labute approximate surface area is 75.9 Å². The Kier molecular flexibility index (Phi) is 8.12. The second-order valence-corrected chi connectivity index (χ2v) is 3.15. The standard InChI is InChI=1S/C9H21N3/c1-4-5-6-10-9-11-7-8-12(2)3/h9H,4-8H2,1-3H3,(H,10,11). The number of hydrogen-bond acceptors (Lipinski definition) is 2. The van der Waals surface area contributed by atoms with Crippen molar-refractivity contribution in [2.24, 2.45) is 4.99 Å². The molecule has 0 saturated carbocycles. The summed E-state index contributed by atoms with van der Waals surface area (Å²) in [4.78, 5) is 6.33. The van der Waals surface area contributed by atoms with Crippen LogP contribution in [0.4, 0.5) is 0 Å². The lowest BCUT2D eigenvalue weighted by Gasteiger charge is -2.05. The highest BCUT2D eigenvalue weighted by molar-refractivity contribution is 5.53. The third-order valence-corrected chi connectivity index (χ3v) is 1.53. The lowest BCUT2D eigenvalue weighted by Crippen LogP contribution is -2.17. The van der Waals surface area contributed by atoms with E-state index in [0.29, 0.717) is 0 Å². The van der Waals surface area contributed by atoms with E-state index in [1.54, 1.807) is 0 Å². The maximum absolute atomic E-state index is 4.21. The molecule has 0 heterocycles. The quantitative estimate of drug-likeness (QED) is 0.351. The zero-order valence-electron chi connectivity index (χ0n) is 8.51. The largest absolute Gasteiger partial charge is 0.376 e. The van der Waals surface area contributed by atoms with Gasteiger partial charge < -0.3 is 10.2 Å². The average Bonchev–Trinajstić information content (AvgIpc) is 2.02. The molecule has 3 heteroatoms. The predicted molar refractivity (Wildman–Crippen MR) is 54.8 cm³/mol. The van der Waals surface area contributed by atoms with E-state index < -0.39 is 0 Å². The van der Waals surface area contributed by atoms with Crippen LogP contribution in [0.1, 0.15) is 19.8 Å². The maximum Gasteiger partial charge on any atom is 0.0824 e. The van der Waals surface area contributed by atoms with Crippen molar-refractivity contribution < 1.29 is 0 Å². The zero-order valence-corrected chi connectivity index (χ0v) is 8.51. The van der Waals surface area contributed by atoms with Crippen LogP contribution in [-0.4, -0.2) is 45.0 Å². The number of rotatable bonds is 7. The van der Waals surface area contributed by atoms with Gasteiger partial charge in [0.05, 0.1) is 12.9 Å². The Morgan fingerprint density at radius 3 is 2.75 bits per heavy atom. The van der Waals surface area contributed by atoms with Crippen molar-refractivity contribution in [2.45, 2.75) is 19.8 Å². The molecule has 0 aromatic carbocycles. The first kappa shape index (κ1) is 11.4. The molecule has 0 amide bonds. The average molecular weight is 171 g/mol. The highest BCUT2D eigenvalue weighted by atomic mass is 15.1. The normalized spacial score (nSPS) is 11.3. The van der Waals surface area contributed by atoms with Crippen molar-refractivity contribution in [3.05, 3.63) is 0 Å². The van der Waals surface area contributed by atoms with Crippen molar-refractivity contribution in [1.82, 2.24) is 10.2 Å². The fourth-order valence-electron chi connectivity index (χ4n) is 0.730. The van der Waals surface area contributed by atoms with Crippen LogP contribution in [0.3, 0.4) is 0 Å². The van der Waals surface area contributed by atoms with E-state index in [1.165, 1.54) is 12.8 Å². The highest BCUT2D eigenvalue weighted by Gasteiger charge is 1.84. The van der Waals surface area contributed by atoms with Crippen LogP contribution in [0.2, 0.25) is 0 Å². The highest BCUT2D eigenvalue weighted by Crippen LogP contribution is 1.80. The summed E-state index contributed by atoms with van der Waals surface area (Å²) < 4.78 is 0. The Morgan fingerprint density at radius 2 is 2.17 bits per heavy atom. The Bertz CT molecular complexity index is 110. The minimum absolute atomic E-state index is 0.881. The van der Waals surface area contributed by atoms with Crippen molar-refractivity contribution >= 4 is 6.34 Å². The third kappa shape index (κ3) is 9.43. The number of aliphatic imine (C=N–C) groups is 1. The minimum Gasteiger partial charge on any atom is -0.376 e. The molecule has 3 nitrogen and oxygen atoms in total. The molecule has 1 N–H and O–H groups in total. The first-order chi connectivity index (χ1) is 5.77. The molecular weight excluding hydrogens is 150 g/mol. The van der Waals surface area contributed by atoms with Crippen LogP contribution < -0.4 is 5.32 Å². The van der Waals surface area contributed by atoms with Crippen LogP contribution >= 0.6 is 0 Å². The van der Waals surface area contributed by atoms with Crippen molar-refractivity contribution in [1.29, 1.82) is 0 Å². The third-order valence-electron chi connectivity index (χ3n) is 1.53. The molecule has 0 aliphatic carbocycles. The maximum atomic E-state index is 4.21. The van der Waals surface area contributed by atoms with Gasteiger partial charge in [-0.25, -0.2) is 0 Å². The molecule has 0 unspecified atom stereocenters. The molecule has 0 rings (SSSR count). The van der Waals surface area contributed by atoms with Crippen molar-refractivity contribution in [2.75, 3.05) is 33.7 Å². The van der Waals surface area contributed by atoms with Gasteiger partial charge in [-0.1, -0.05) is 13.3 Å². The summed E-state index contributed by atoms with van der Waals surface area (Å²) in [7, 11) is 4.11. The van der Waals surface area contributed by atoms with Gasteiger partial charge in [0, 0.05) is 13.1 Å². The van der Waals surface area contributed by atoms with Gasteiger partial charge in [-0.05, 0) is 20.5 Å². The van der Waals surface area contributed by atoms with E-state index in [1.807, 2.05) is 6.34 Å². The summed E-state index contributed by atoms with van der Waals surface area (Å²) >= 11 is 0. The van der Waals surface area contributed by atoms with E-state index in [4.69, 9.17) is 0 Å². The van der Waals surface area contributed by atoms with Gasteiger partial charge in [0.25, 0.3) is 0 Å². The summed E-state index contributed by atoms with van der Waals surface area (Å²) in [5.74, 6) is 0. The van der Waals surface area contributed by atoms with E-state index in [-0.39, 0.29) is 0 Å². The fraction of sp³-hybridized carbons (Fsp3) is 0.889. The second-order valence-electron chi connectivity index (χ2n) is 3.15. The molecule has 0 radical (unpaired) electrons. The number of likely N-dealkylation sites (N-methyl/N-ethyl adjacent to an activating group) is 1. The van der Waals surface area contributed by atoms with Crippen LogP contribution in [0, 0.1) is 0 Å². The van der Waals surface area contributed by atoms with E-state index in [2.05, 4.69) is 36.2 Å². The van der Waals surface area contributed by atoms with E-state index in [9.17, 15) is 0 Å². The van der Waals surface area contributed by atoms with E-state index >= 15 is 0 Å². The minimum atomic E-state index is 0.881. The van der Waals surface area contributed by atoms with Gasteiger partial charge in [-0.15, -0.1) is 0 Å². The molecule has 0 aromatic heterocycles. The van der Waals surface area contributed by atoms with Crippen LogP contribution in [0.15, 0.2) is 4.99 Å². The van der Waals surface area contributed by atoms with Crippen molar-refractivity contribution in [3.8, 4) is 0 Å². The molecule has 72 valence electrons. The molecule has 0 fully saturated rings. The molecule has 0 spiro atoms. The first-order valence-corrected chi connectivity index (χ1v) is 4.63. The summed E-state index contributed by atoms with van der Waals surface area (Å²) in [6.45, 7) is 5.13. The Hall–Kier alpha value is -0.570. The molecule has 12 heavy (non-hydrogen) atoms. The number of nitrogens with one attached hydrogen (secondary N) is 1. The van der Waals surface area contributed by atoms with Gasteiger partial charge in [0.15, 0.2) is 0 Å². The molecular formula is C9H21N3. The summed E-state index contributed by atoms with van der Waals surface area (Å²) in [5, 5.41) is 3.15. The lowest BCUT2D eigenvalue weighted by atomic mass is 10.3. The molecule has 0 aliphatic heterocycles. The predicted octanol–water partition coefficient (Wildman–Crippen LogP) is 0.966. The molecule has 0 aromatic rings. The topological polar surface area (TPSA) is 27.6 Å². The second kappa shape index (κ2) is 8.53. The molecule has 0 bridgehead atoms. The SMILES string of the molecule is CCCCN/C=N/CCN(C)C. The monoisotopic (exact) mass is 171 g/mol. The fourth-order valence-corrected chi connectivity index (χ4v) is 0.730. The van der Waals surface area contributed by atoms with Crippen LogP contribution in [0.5, 0.6) is 0 Å². The van der Waals surface area contributed by atoms with Crippen LogP contribution in [-0.2, 0) is 0 Å². The van der Waals surface area contributed by atoms with Gasteiger partial charge in [0.1, 0.15) is 0 Å².